The summed E-state index contributed by atoms with van der Waals surface area (Å²) in [6, 6.07) is 29.3. The van der Waals surface area contributed by atoms with Gasteiger partial charge in [-0.3, -0.25) is 0 Å². The van der Waals surface area contributed by atoms with Crippen molar-refractivity contribution in [1.29, 1.82) is 0 Å². The monoisotopic (exact) mass is 394 g/mol. The van der Waals surface area contributed by atoms with E-state index in [0.717, 1.165) is 6.42 Å². The van der Waals surface area contributed by atoms with Crippen LogP contribution < -0.4 is 0 Å². The summed E-state index contributed by atoms with van der Waals surface area (Å²) in [6.45, 7) is 2.21. The van der Waals surface area contributed by atoms with Crippen LogP contribution in [0.5, 0.6) is 0 Å². The van der Waals surface area contributed by atoms with Gasteiger partial charge in [0.15, 0.2) is 0 Å². The molecule has 0 aliphatic rings. The molecule has 0 saturated carbocycles. The molecule has 2 aromatic heterocycles. The fourth-order valence-electron chi connectivity index (χ4n) is 4.21. The lowest BCUT2D eigenvalue weighted by Crippen LogP contribution is -1.87. The fraction of sp³-hybridized carbons (Fsp3) is 0.0769. The van der Waals surface area contributed by atoms with Gasteiger partial charge in [-0.25, -0.2) is 0 Å². The second kappa shape index (κ2) is 6.16. The van der Waals surface area contributed by atoms with E-state index in [-0.39, 0.29) is 0 Å². The highest BCUT2D eigenvalue weighted by Crippen LogP contribution is 2.37. The maximum atomic E-state index is 2.38. The Morgan fingerprint density at radius 1 is 0.571 bits per heavy atom. The highest BCUT2D eigenvalue weighted by atomic mass is 32.1. The van der Waals surface area contributed by atoms with Crippen LogP contribution in [0, 0.1) is 6.92 Å². The molecule has 28 heavy (non-hydrogen) atoms. The molecule has 0 bridgehead atoms. The lowest BCUT2D eigenvalue weighted by atomic mass is 10.0. The molecule has 0 amide bonds. The average Bonchev–Trinajstić information content (AvgIpc) is 3.26. The maximum absolute atomic E-state index is 2.38. The molecule has 0 nitrogen and oxygen atoms in total. The van der Waals surface area contributed by atoms with Gasteiger partial charge in [0.2, 0.25) is 0 Å². The van der Waals surface area contributed by atoms with Crippen molar-refractivity contribution in [2.45, 2.75) is 13.3 Å². The number of hydrogen-bond donors (Lipinski definition) is 0. The van der Waals surface area contributed by atoms with Crippen molar-refractivity contribution in [3.05, 3.63) is 95.6 Å². The van der Waals surface area contributed by atoms with Crippen molar-refractivity contribution in [2.75, 3.05) is 0 Å². The van der Waals surface area contributed by atoms with Gasteiger partial charge in [0, 0.05) is 40.3 Å². The van der Waals surface area contributed by atoms with Crippen molar-refractivity contribution < 1.29 is 0 Å². The molecule has 134 valence electrons. The van der Waals surface area contributed by atoms with E-state index in [0.29, 0.717) is 0 Å². The predicted octanol–water partition coefficient (Wildman–Crippen LogP) is 8.32. The van der Waals surface area contributed by atoms with Gasteiger partial charge in [-0.15, -0.1) is 22.7 Å². The van der Waals surface area contributed by atoms with Crippen LogP contribution in [0.2, 0.25) is 0 Å². The fourth-order valence-corrected chi connectivity index (χ4v) is 6.61. The first-order valence-corrected chi connectivity index (χ1v) is 11.2. The van der Waals surface area contributed by atoms with Crippen molar-refractivity contribution in [2.24, 2.45) is 0 Å². The number of hydrogen-bond acceptors (Lipinski definition) is 2. The molecule has 0 atom stereocenters. The summed E-state index contributed by atoms with van der Waals surface area (Å²) in [5.41, 5.74) is 4.14. The molecule has 0 unspecified atom stereocenters. The van der Waals surface area contributed by atoms with Crippen LogP contribution in [0.3, 0.4) is 0 Å². The zero-order chi connectivity index (χ0) is 18.7. The van der Waals surface area contributed by atoms with Crippen molar-refractivity contribution in [3.63, 3.8) is 0 Å². The summed E-state index contributed by atoms with van der Waals surface area (Å²) in [5.74, 6) is 0. The van der Waals surface area contributed by atoms with E-state index in [1.165, 1.54) is 57.0 Å². The highest BCUT2D eigenvalue weighted by molar-refractivity contribution is 7.26. The third kappa shape index (κ3) is 2.49. The van der Waals surface area contributed by atoms with Gasteiger partial charge in [-0.05, 0) is 48.2 Å². The summed E-state index contributed by atoms with van der Waals surface area (Å²) in [4.78, 5) is 0. The molecular weight excluding hydrogens is 376 g/mol. The first-order valence-electron chi connectivity index (χ1n) is 9.57. The zero-order valence-corrected chi connectivity index (χ0v) is 17.2. The van der Waals surface area contributed by atoms with Crippen LogP contribution in [0.15, 0.2) is 78.9 Å². The lowest BCUT2D eigenvalue weighted by molar-refractivity contribution is 1.21. The SMILES string of the molecule is Cc1cccc2c1sc1cc(Cc3ccc4c(c3)sc3ccccc34)ccc12. The molecule has 2 heterocycles. The van der Waals surface area contributed by atoms with Gasteiger partial charge in [0.05, 0.1) is 0 Å². The molecule has 0 fully saturated rings. The number of benzene rings is 4. The Bertz CT molecular complexity index is 1500. The second-order valence-electron chi connectivity index (χ2n) is 7.49. The molecule has 0 aliphatic heterocycles. The highest BCUT2D eigenvalue weighted by Gasteiger charge is 2.09. The molecule has 0 N–H and O–H groups in total. The van der Waals surface area contributed by atoms with Crippen molar-refractivity contribution in [3.8, 4) is 0 Å². The van der Waals surface area contributed by atoms with Gasteiger partial charge >= 0.3 is 0 Å². The first kappa shape index (κ1) is 16.3. The summed E-state index contributed by atoms with van der Waals surface area (Å²) in [7, 11) is 0. The molecule has 0 aliphatic carbocycles. The summed E-state index contributed by atoms with van der Waals surface area (Å²) in [6.07, 6.45) is 0.980. The van der Waals surface area contributed by atoms with Crippen LogP contribution >= 0.6 is 22.7 Å². The van der Waals surface area contributed by atoms with Crippen LogP contribution in [-0.2, 0) is 6.42 Å². The van der Waals surface area contributed by atoms with E-state index < -0.39 is 0 Å². The Labute approximate surface area is 171 Å². The van der Waals surface area contributed by atoms with Crippen LogP contribution in [-0.4, -0.2) is 0 Å². The van der Waals surface area contributed by atoms with E-state index in [1.54, 1.807) is 0 Å². The van der Waals surface area contributed by atoms with Gasteiger partial charge in [-0.1, -0.05) is 60.7 Å². The molecular formula is C26H18S2. The quantitative estimate of drug-likeness (QED) is 0.277. The largest absolute Gasteiger partial charge is 0.135 e. The normalized spacial score (nSPS) is 11.9. The summed E-state index contributed by atoms with van der Waals surface area (Å²) < 4.78 is 5.57. The summed E-state index contributed by atoms with van der Waals surface area (Å²) >= 11 is 3.82. The van der Waals surface area contributed by atoms with Crippen LogP contribution in [0.4, 0.5) is 0 Å². The summed E-state index contributed by atoms with van der Waals surface area (Å²) in [5, 5.41) is 5.52. The van der Waals surface area contributed by atoms with E-state index in [4.69, 9.17) is 0 Å². The van der Waals surface area contributed by atoms with E-state index in [2.05, 4.69) is 85.8 Å². The molecule has 6 rings (SSSR count). The second-order valence-corrected chi connectivity index (χ2v) is 9.63. The Morgan fingerprint density at radius 3 is 2.04 bits per heavy atom. The number of thiophene rings is 2. The predicted molar refractivity (Wildman–Crippen MR) is 126 cm³/mol. The third-order valence-corrected chi connectivity index (χ3v) is 8.05. The van der Waals surface area contributed by atoms with Gasteiger partial charge in [0.1, 0.15) is 0 Å². The molecule has 0 radical (unpaired) electrons. The van der Waals surface area contributed by atoms with Gasteiger partial charge in [0.25, 0.3) is 0 Å². The minimum absolute atomic E-state index is 0.980. The molecule has 0 saturated heterocycles. The molecule has 0 spiro atoms. The van der Waals surface area contributed by atoms with Gasteiger partial charge < -0.3 is 0 Å². The van der Waals surface area contributed by atoms with Crippen LogP contribution in [0.1, 0.15) is 16.7 Å². The minimum Gasteiger partial charge on any atom is -0.135 e. The Morgan fingerprint density at radius 2 is 1.21 bits per heavy atom. The van der Waals surface area contributed by atoms with E-state index in [9.17, 15) is 0 Å². The number of aryl methyl sites for hydroxylation is 1. The molecule has 6 aromatic rings. The topological polar surface area (TPSA) is 0 Å². The van der Waals surface area contributed by atoms with Crippen molar-refractivity contribution >= 4 is 63.0 Å². The Balaban J connectivity index is 1.42. The van der Waals surface area contributed by atoms with Crippen LogP contribution in [0.25, 0.3) is 40.3 Å². The first-order chi connectivity index (χ1) is 13.8. The minimum atomic E-state index is 0.980. The Hall–Kier alpha value is -2.68. The van der Waals surface area contributed by atoms with E-state index in [1.807, 2.05) is 22.7 Å². The Kier molecular flexibility index (Phi) is 3.59. The smallest absolute Gasteiger partial charge is 0.0384 e. The number of fused-ring (bicyclic) bond motifs is 6. The number of rotatable bonds is 2. The molecule has 4 aromatic carbocycles. The maximum Gasteiger partial charge on any atom is 0.0384 e. The average molecular weight is 395 g/mol. The third-order valence-electron chi connectivity index (χ3n) is 5.61. The zero-order valence-electron chi connectivity index (χ0n) is 15.5. The van der Waals surface area contributed by atoms with Gasteiger partial charge in [-0.2, -0.15) is 0 Å². The lowest BCUT2D eigenvalue weighted by Gasteiger charge is -2.03. The molecule has 2 heteroatoms. The standard InChI is InChI=1S/C26H18S2/c1-16-5-4-7-22-21-12-10-18(15-25(21)28-26(16)22)13-17-9-11-20-19-6-2-3-8-23(19)27-24(20)14-17/h2-12,14-15H,13H2,1H3. The van der Waals surface area contributed by atoms with E-state index >= 15 is 0 Å². The van der Waals surface area contributed by atoms with Crippen molar-refractivity contribution in [1.82, 2.24) is 0 Å².